The van der Waals surface area contributed by atoms with Crippen molar-refractivity contribution in [2.24, 2.45) is 0 Å². The molecule has 1 unspecified atom stereocenters. The molecular weight excluding hydrogens is 349 g/mol. The Morgan fingerprint density at radius 1 is 1.30 bits per heavy atom. The van der Waals surface area contributed by atoms with Crippen molar-refractivity contribution in [3.63, 3.8) is 0 Å². The van der Waals surface area contributed by atoms with Gasteiger partial charge in [-0.05, 0) is 56.0 Å². The van der Waals surface area contributed by atoms with Crippen molar-refractivity contribution < 1.29 is 13.7 Å². The summed E-state index contributed by atoms with van der Waals surface area (Å²) in [6.07, 6.45) is 3.11. The summed E-state index contributed by atoms with van der Waals surface area (Å²) in [5.41, 5.74) is 4.39. The Morgan fingerprint density at radius 3 is 2.89 bits per heavy atom. The van der Waals surface area contributed by atoms with Crippen molar-refractivity contribution in [1.82, 2.24) is 25.2 Å². The molecule has 0 fully saturated rings. The molecule has 0 amide bonds. The second kappa shape index (κ2) is 7.58. The largest absolute Gasteiger partial charge is 0.377 e. The number of methoxy groups -OCH3 is 1. The molecule has 0 aliphatic heterocycles. The van der Waals surface area contributed by atoms with Gasteiger partial charge in [0.15, 0.2) is 5.82 Å². The normalized spacial score (nSPS) is 14.5. The first-order chi connectivity index (χ1) is 13.2. The fraction of sp³-hybridized carbons (Fsp3) is 0.421. The summed E-state index contributed by atoms with van der Waals surface area (Å²) >= 11 is 0. The lowest BCUT2D eigenvalue weighted by atomic mass is 10.2. The standard InChI is InChI=1S/C19H22FN5O2/c1-12(19-22-18(11-26-2)24-27-19)21-10-16-15-4-3-5-17(15)25(23-16)14-8-6-13(20)7-9-14/h6-9,12,21H,3-5,10-11H2,1-2H3. The molecule has 0 saturated carbocycles. The maximum atomic E-state index is 13.2. The van der Waals surface area contributed by atoms with Gasteiger partial charge < -0.3 is 14.6 Å². The lowest BCUT2D eigenvalue weighted by Gasteiger charge is -2.09. The Labute approximate surface area is 156 Å². The van der Waals surface area contributed by atoms with E-state index in [-0.39, 0.29) is 11.9 Å². The smallest absolute Gasteiger partial charge is 0.243 e. The number of benzene rings is 1. The fourth-order valence-corrected chi connectivity index (χ4v) is 3.42. The third kappa shape index (κ3) is 3.63. The molecule has 1 aliphatic rings. The van der Waals surface area contributed by atoms with E-state index in [1.807, 2.05) is 11.6 Å². The molecule has 2 heterocycles. The number of rotatable bonds is 7. The van der Waals surface area contributed by atoms with E-state index in [9.17, 15) is 4.39 Å². The summed E-state index contributed by atoms with van der Waals surface area (Å²) < 4.78 is 25.5. The summed E-state index contributed by atoms with van der Waals surface area (Å²) in [6, 6.07) is 6.35. The van der Waals surface area contributed by atoms with Crippen molar-refractivity contribution in [2.75, 3.05) is 7.11 Å². The minimum absolute atomic E-state index is 0.101. The molecule has 0 saturated heterocycles. The van der Waals surface area contributed by atoms with E-state index in [4.69, 9.17) is 14.4 Å². The molecule has 1 aliphatic carbocycles. The average molecular weight is 371 g/mol. The summed E-state index contributed by atoms with van der Waals surface area (Å²) in [5.74, 6) is 0.810. The maximum absolute atomic E-state index is 13.2. The molecule has 0 radical (unpaired) electrons. The van der Waals surface area contributed by atoms with Crippen molar-refractivity contribution >= 4 is 0 Å². The van der Waals surface area contributed by atoms with Gasteiger partial charge in [0.25, 0.3) is 0 Å². The second-order valence-corrected chi connectivity index (χ2v) is 6.70. The van der Waals surface area contributed by atoms with Crippen LogP contribution >= 0.6 is 0 Å². The predicted octanol–water partition coefficient (Wildman–Crippen LogP) is 2.88. The maximum Gasteiger partial charge on any atom is 0.243 e. The van der Waals surface area contributed by atoms with Crippen molar-refractivity contribution in [3.8, 4) is 5.69 Å². The highest BCUT2D eigenvalue weighted by Crippen LogP contribution is 2.28. The van der Waals surface area contributed by atoms with E-state index >= 15 is 0 Å². The molecule has 27 heavy (non-hydrogen) atoms. The van der Waals surface area contributed by atoms with E-state index in [0.29, 0.717) is 24.9 Å². The van der Waals surface area contributed by atoms with Gasteiger partial charge >= 0.3 is 0 Å². The van der Waals surface area contributed by atoms with E-state index < -0.39 is 0 Å². The van der Waals surface area contributed by atoms with Crippen LogP contribution in [0.4, 0.5) is 4.39 Å². The highest BCUT2D eigenvalue weighted by Gasteiger charge is 2.24. The van der Waals surface area contributed by atoms with Crippen molar-refractivity contribution in [1.29, 1.82) is 0 Å². The van der Waals surface area contributed by atoms with Gasteiger partial charge in [0, 0.05) is 19.3 Å². The van der Waals surface area contributed by atoms with Gasteiger partial charge in [-0.25, -0.2) is 9.07 Å². The zero-order valence-electron chi connectivity index (χ0n) is 15.4. The van der Waals surface area contributed by atoms with Gasteiger partial charge in [-0.1, -0.05) is 5.16 Å². The first-order valence-corrected chi connectivity index (χ1v) is 9.06. The molecule has 1 atom stereocenters. The number of ether oxygens (including phenoxy) is 1. The van der Waals surface area contributed by atoms with Crippen LogP contribution in [0.5, 0.6) is 0 Å². The third-order valence-electron chi connectivity index (χ3n) is 4.79. The van der Waals surface area contributed by atoms with Crippen LogP contribution in [0.1, 0.15) is 48.1 Å². The third-order valence-corrected chi connectivity index (χ3v) is 4.79. The van der Waals surface area contributed by atoms with Crippen LogP contribution in [0.2, 0.25) is 0 Å². The van der Waals surface area contributed by atoms with Gasteiger partial charge in [0.05, 0.1) is 17.4 Å². The van der Waals surface area contributed by atoms with Crippen LogP contribution in [0.25, 0.3) is 5.69 Å². The lowest BCUT2D eigenvalue weighted by molar-refractivity contribution is 0.174. The van der Waals surface area contributed by atoms with Gasteiger partial charge in [0.2, 0.25) is 5.89 Å². The SMILES string of the molecule is COCc1noc(C(C)NCc2nn(-c3ccc(F)cc3)c3c2CCC3)n1. The fourth-order valence-electron chi connectivity index (χ4n) is 3.42. The van der Waals surface area contributed by atoms with Crippen LogP contribution in [-0.4, -0.2) is 27.0 Å². The first kappa shape index (κ1) is 17.8. The molecule has 1 aromatic carbocycles. The van der Waals surface area contributed by atoms with Gasteiger partial charge in [-0.3, -0.25) is 0 Å². The Balaban J connectivity index is 1.50. The molecule has 7 nitrogen and oxygen atoms in total. The summed E-state index contributed by atoms with van der Waals surface area (Å²) in [5, 5.41) is 12.1. The van der Waals surface area contributed by atoms with E-state index in [2.05, 4.69) is 15.5 Å². The zero-order valence-corrected chi connectivity index (χ0v) is 15.4. The topological polar surface area (TPSA) is 78.0 Å². The monoisotopic (exact) mass is 371 g/mol. The lowest BCUT2D eigenvalue weighted by Crippen LogP contribution is -2.19. The van der Waals surface area contributed by atoms with Gasteiger partial charge in [-0.2, -0.15) is 10.1 Å². The van der Waals surface area contributed by atoms with Crippen molar-refractivity contribution in [3.05, 3.63) is 58.7 Å². The second-order valence-electron chi connectivity index (χ2n) is 6.70. The summed E-state index contributed by atoms with van der Waals surface area (Å²) in [4.78, 5) is 4.32. The van der Waals surface area contributed by atoms with E-state index in [1.54, 1.807) is 19.2 Å². The summed E-state index contributed by atoms with van der Waals surface area (Å²) in [7, 11) is 1.59. The molecular formula is C19H22FN5O2. The zero-order chi connectivity index (χ0) is 18.8. The molecule has 8 heteroatoms. The number of aromatic nitrogens is 4. The predicted molar refractivity (Wildman–Crippen MR) is 95.8 cm³/mol. The summed E-state index contributed by atoms with van der Waals surface area (Å²) in [6.45, 7) is 2.90. The highest BCUT2D eigenvalue weighted by atomic mass is 19.1. The molecule has 3 aromatic rings. The van der Waals surface area contributed by atoms with Crippen LogP contribution in [0.15, 0.2) is 28.8 Å². The van der Waals surface area contributed by atoms with Gasteiger partial charge in [0.1, 0.15) is 12.4 Å². The number of hydrogen-bond donors (Lipinski definition) is 1. The number of fused-ring (bicyclic) bond motifs is 1. The Hall–Kier alpha value is -2.58. The van der Waals surface area contributed by atoms with Gasteiger partial charge in [-0.15, -0.1) is 0 Å². The van der Waals surface area contributed by atoms with Crippen LogP contribution in [-0.2, 0) is 30.7 Å². The number of nitrogens with one attached hydrogen (secondary N) is 1. The number of nitrogens with zero attached hydrogens (tertiary/aromatic N) is 4. The Bertz CT molecular complexity index is 919. The molecule has 4 rings (SSSR count). The first-order valence-electron chi connectivity index (χ1n) is 9.06. The minimum Gasteiger partial charge on any atom is -0.377 e. The van der Waals surface area contributed by atoms with Crippen LogP contribution in [0.3, 0.4) is 0 Å². The van der Waals surface area contributed by atoms with Crippen LogP contribution < -0.4 is 5.32 Å². The molecule has 2 aromatic heterocycles. The molecule has 1 N–H and O–H groups in total. The average Bonchev–Trinajstić information content (AvgIpc) is 3.38. The Kier molecular flexibility index (Phi) is 5.00. The number of hydrogen-bond acceptors (Lipinski definition) is 6. The molecule has 0 spiro atoms. The van der Waals surface area contributed by atoms with E-state index in [0.717, 1.165) is 30.6 Å². The van der Waals surface area contributed by atoms with Crippen molar-refractivity contribution in [2.45, 2.75) is 45.4 Å². The number of halogens is 1. The highest BCUT2D eigenvalue weighted by molar-refractivity contribution is 5.40. The molecule has 0 bridgehead atoms. The quantitative estimate of drug-likeness (QED) is 0.688. The van der Waals surface area contributed by atoms with Crippen LogP contribution in [0, 0.1) is 5.82 Å². The van der Waals surface area contributed by atoms with E-state index in [1.165, 1.54) is 23.4 Å². The Morgan fingerprint density at radius 2 is 2.11 bits per heavy atom. The minimum atomic E-state index is -0.245. The molecule has 142 valence electrons.